The van der Waals surface area contributed by atoms with Crippen molar-refractivity contribution in [3.63, 3.8) is 0 Å². The molecule has 0 N–H and O–H groups in total. The van der Waals surface area contributed by atoms with E-state index in [1.165, 1.54) is 60.5 Å². The van der Waals surface area contributed by atoms with Crippen LogP contribution in [0.4, 0.5) is 0 Å². The van der Waals surface area contributed by atoms with Crippen LogP contribution in [-0.2, 0) is 5.66 Å². The lowest BCUT2D eigenvalue weighted by atomic mass is 9.85. The first-order chi connectivity index (χ1) is 23.6. The minimum Gasteiger partial charge on any atom is -0.456 e. The quantitative estimate of drug-likeness (QED) is 0.108. The van der Waals surface area contributed by atoms with Crippen LogP contribution in [0.2, 0.25) is 0 Å². The Hall–Kier alpha value is -6.34. The monoisotopic (exact) mass is 616 g/mol. The lowest BCUT2D eigenvalue weighted by molar-refractivity contribution is -0.944. The second kappa shape index (κ2) is 7.45. The molecule has 222 valence electrons. The molecular weight excluding hydrogens is 592 g/mol. The lowest BCUT2D eigenvalue weighted by Gasteiger charge is -2.30. The maximum absolute atomic E-state index is 6.92. The third-order valence-electron chi connectivity index (χ3n) is 11.4. The highest BCUT2D eigenvalue weighted by Gasteiger charge is 2.65. The van der Waals surface area contributed by atoms with Gasteiger partial charge in [0.05, 0.1) is 10.8 Å². The number of rotatable bonds is 1. The number of aryl methyl sites for hydroxylation is 2. The summed E-state index contributed by atoms with van der Waals surface area (Å²) < 4.78 is 16.8. The summed E-state index contributed by atoms with van der Waals surface area (Å²) in [5.41, 5.74) is 12.8. The van der Waals surface area contributed by atoms with Gasteiger partial charge in [-0.2, -0.15) is 17.9 Å². The molecule has 13 rings (SSSR count). The van der Waals surface area contributed by atoms with Gasteiger partial charge in [-0.25, -0.2) is 9.97 Å². The fraction of sp³-hybridized carbons (Fsp3) is 0.0732. The van der Waals surface area contributed by atoms with Gasteiger partial charge in [0.15, 0.2) is 16.9 Å². The molecule has 1 atom stereocenters. The highest BCUT2D eigenvalue weighted by molar-refractivity contribution is 6.18. The average molecular weight is 617 g/mol. The molecule has 6 aromatic heterocycles. The Bertz CT molecular complexity index is 3220. The number of aromatic nitrogens is 6. The van der Waals surface area contributed by atoms with E-state index in [-0.39, 0.29) is 0 Å². The Labute approximate surface area is 272 Å². The fourth-order valence-corrected chi connectivity index (χ4v) is 9.70. The van der Waals surface area contributed by atoms with Crippen molar-refractivity contribution in [2.45, 2.75) is 19.5 Å². The Kier molecular flexibility index (Phi) is 3.71. The molecule has 0 amide bonds. The number of ether oxygens (including phenoxy) is 1. The van der Waals surface area contributed by atoms with Gasteiger partial charge in [0.2, 0.25) is 0 Å². The molecule has 9 heterocycles. The normalized spacial score (nSPS) is 16.8. The molecule has 0 aliphatic carbocycles. The maximum Gasteiger partial charge on any atom is 0.315 e. The molecule has 10 aromatic rings. The zero-order chi connectivity index (χ0) is 31.2. The molecule has 7 nitrogen and oxygen atoms in total. The number of hydrogen-bond donors (Lipinski definition) is 0. The topological polar surface area (TPSA) is 51.6 Å². The summed E-state index contributed by atoms with van der Waals surface area (Å²) in [5, 5.41) is 7.02. The summed E-state index contributed by atoms with van der Waals surface area (Å²) in [6.07, 6.45) is 8.73. The van der Waals surface area contributed by atoms with Gasteiger partial charge in [-0.1, -0.05) is 36.4 Å². The molecule has 1 spiro atoms. The van der Waals surface area contributed by atoms with E-state index >= 15 is 0 Å². The number of pyridine rings is 4. The molecule has 7 heteroatoms. The first kappa shape index (κ1) is 23.9. The van der Waals surface area contributed by atoms with Crippen LogP contribution < -0.4 is 13.9 Å². The van der Waals surface area contributed by atoms with Crippen LogP contribution in [0.25, 0.3) is 77.1 Å². The molecule has 1 unspecified atom stereocenters. The average Bonchev–Trinajstić information content (AvgIpc) is 3.86. The van der Waals surface area contributed by atoms with Gasteiger partial charge in [-0.15, -0.1) is 0 Å². The van der Waals surface area contributed by atoms with E-state index in [1.54, 1.807) is 0 Å². The zero-order valence-electron chi connectivity index (χ0n) is 26.0. The Balaban J connectivity index is 1.34. The summed E-state index contributed by atoms with van der Waals surface area (Å²) in [7, 11) is 0. The summed E-state index contributed by atoms with van der Waals surface area (Å²) in [5.74, 6) is 1.79. The first-order valence-electron chi connectivity index (χ1n) is 16.4. The molecule has 3 aliphatic heterocycles. The van der Waals surface area contributed by atoms with Crippen molar-refractivity contribution >= 4 is 65.8 Å². The number of para-hydroxylation sites is 1. The van der Waals surface area contributed by atoms with E-state index in [1.807, 2.05) is 12.3 Å². The first-order valence-corrected chi connectivity index (χ1v) is 16.4. The highest BCUT2D eigenvalue weighted by Crippen LogP contribution is 2.58. The molecular formula is C41H24N6O+2. The van der Waals surface area contributed by atoms with Crippen molar-refractivity contribution < 1.29 is 13.9 Å². The van der Waals surface area contributed by atoms with Crippen LogP contribution in [0.3, 0.4) is 0 Å². The van der Waals surface area contributed by atoms with Crippen LogP contribution in [0.5, 0.6) is 11.5 Å². The number of fused-ring (bicyclic) bond motifs is 7. The van der Waals surface area contributed by atoms with Gasteiger partial charge in [0.1, 0.15) is 52.2 Å². The van der Waals surface area contributed by atoms with Crippen LogP contribution >= 0.6 is 0 Å². The largest absolute Gasteiger partial charge is 0.456 e. The molecule has 48 heavy (non-hydrogen) atoms. The SMILES string of the molecule is Cc1cccc(C)c1-c1c[n+]2c3c4c5c(ccc4c4nc6ncccc6cc4n13)Oc1ccc3c4ccccc4n4cc[n+]6c4c3c1C562. The van der Waals surface area contributed by atoms with Gasteiger partial charge in [-0.05, 0) is 73.5 Å². The lowest BCUT2D eigenvalue weighted by Crippen LogP contribution is -2.71. The van der Waals surface area contributed by atoms with E-state index in [4.69, 9.17) is 9.72 Å². The van der Waals surface area contributed by atoms with Gasteiger partial charge in [0.25, 0.3) is 11.3 Å². The van der Waals surface area contributed by atoms with Crippen LogP contribution in [0.15, 0.2) is 110 Å². The van der Waals surface area contributed by atoms with Crippen LogP contribution in [0.1, 0.15) is 22.3 Å². The second-order valence-corrected chi connectivity index (χ2v) is 13.6. The molecule has 0 fully saturated rings. The van der Waals surface area contributed by atoms with Crippen molar-refractivity contribution in [2.24, 2.45) is 0 Å². The molecule has 0 bridgehead atoms. The predicted octanol–water partition coefficient (Wildman–Crippen LogP) is 7.64. The van der Waals surface area contributed by atoms with E-state index < -0.39 is 5.66 Å². The predicted molar refractivity (Wildman–Crippen MR) is 185 cm³/mol. The van der Waals surface area contributed by atoms with Crippen molar-refractivity contribution in [1.29, 1.82) is 0 Å². The van der Waals surface area contributed by atoms with Crippen molar-refractivity contribution in [3.8, 4) is 22.8 Å². The van der Waals surface area contributed by atoms with Gasteiger partial charge < -0.3 is 4.74 Å². The Morgan fingerprint density at radius 1 is 0.729 bits per heavy atom. The van der Waals surface area contributed by atoms with Crippen LogP contribution in [-0.4, -0.2) is 18.8 Å². The van der Waals surface area contributed by atoms with E-state index in [2.05, 4.69) is 134 Å². The molecule has 3 aliphatic rings. The molecule has 0 radical (unpaired) electrons. The Morgan fingerprint density at radius 3 is 2.38 bits per heavy atom. The second-order valence-electron chi connectivity index (χ2n) is 13.6. The van der Waals surface area contributed by atoms with Crippen molar-refractivity contribution in [3.05, 3.63) is 132 Å². The van der Waals surface area contributed by atoms with Gasteiger partial charge in [-0.3, -0.25) is 0 Å². The zero-order valence-corrected chi connectivity index (χ0v) is 26.0. The minimum absolute atomic E-state index is 0.687. The molecule has 0 saturated heterocycles. The summed E-state index contributed by atoms with van der Waals surface area (Å²) in [4.78, 5) is 9.98. The number of hydrogen-bond acceptors (Lipinski definition) is 3. The van der Waals surface area contributed by atoms with E-state index in [0.29, 0.717) is 0 Å². The van der Waals surface area contributed by atoms with Gasteiger partial charge in [0, 0.05) is 33.3 Å². The number of nitrogens with zero attached hydrogens (tertiary/aromatic N) is 6. The fourth-order valence-electron chi connectivity index (χ4n) is 9.70. The summed E-state index contributed by atoms with van der Waals surface area (Å²) in [6.45, 7) is 4.44. The van der Waals surface area contributed by atoms with Crippen LogP contribution in [0, 0.1) is 13.8 Å². The molecule has 4 aromatic carbocycles. The number of benzene rings is 4. The van der Waals surface area contributed by atoms with E-state index in [9.17, 15) is 0 Å². The number of imidazole rings is 2. The standard InChI is InChI=1S/C41H24N6O/c1-21-7-5-8-22(2)32(21)29-20-46-40-34-26(37-28(47(29)40)19-23-9-6-16-42-38(23)43-37)13-15-31-36(34)41(46)35-30(48-31)14-12-25-24-10-3-4-11-27(24)44-17-18-45(41)39(44)33(25)35/h3-20H,1-2H3/q+2. The molecule has 0 saturated carbocycles. The Morgan fingerprint density at radius 2 is 1.52 bits per heavy atom. The van der Waals surface area contributed by atoms with Gasteiger partial charge >= 0.3 is 5.66 Å². The minimum atomic E-state index is -0.687. The van der Waals surface area contributed by atoms with E-state index in [0.717, 1.165) is 50.3 Å². The third kappa shape index (κ3) is 2.30. The van der Waals surface area contributed by atoms with Crippen molar-refractivity contribution in [1.82, 2.24) is 18.8 Å². The summed E-state index contributed by atoms with van der Waals surface area (Å²) >= 11 is 0. The smallest absolute Gasteiger partial charge is 0.315 e. The maximum atomic E-state index is 6.92. The third-order valence-corrected chi connectivity index (χ3v) is 11.4. The summed E-state index contributed by atoms with van der Waals surface area (Å²) in [6, 6.07) is 30.5. The highest BCUT2D eigenvalue weighted by atomic mass is 16.5. The van der Waals surface area contributed by atoms with Crippen molar-refractivity contribution in [2.75, 3.05) is 0 Å².